The summed E-state index contributed by atoms with van der Waals surface area (Å²) in [7, 11) is 0. The van der Waals surface area contributed by atoms with Crippen molar-refractivity contribution >= 4 is 22.8 Å². The third kappa shape index (κ3) is 6.57. The van der Waals surface area contributed by atoms with E-state index < -0.39 is 0 Å². The van der Waals surface area contributed by atoms with Crippen molar-refractivity contribution in [2.45, 2.75) is 39.0 Å². The molecule has 2 amide bonds. The number of aromatic amines is 1. The second-order valence-electron chi connectivity index (χ2n) is 8.47. The van der Waals surface area contributed by atoms with Crippen molar-refractivity contribution < 1.29 is 14.3 Å². The molecule has 1 aromatic heterocycles. The van der Waals surface area contributed by atoms with Crippen molar-refractivity contribution in [3.05, 3.63) is 59.9 Å². The third-order valence-corrected chi connectivity index (χ3v) is 4.95. The van der Waals surface area contributed by atoms with Gasteiger partial charge in [-0.3, -0.25) is 9.59 Å². The number of rotatable bonds is 9. The van der Waals surface area contributed by atoms with Crippen LogP contribution >= 0.6 is 0 Å². The summed E-state index contributed by atoms with van der Waals surface area (Å²) < 4.78 is 5.71. The number of carbonyl (C=O) groups is 2. The second-order valence-corrected chi connectivity index (χ2v) is 8.47. The average molecular weight is 423 g/mol. The van der Waals surface area contributed by atoms with Crippen molar-refractivity contribution in [2.75, 3.05) is 19.7 Å². The average Bonchev–Trinajstić information content (AvgIpc) is 3.22. The molecule has 3 aromatic rings. The maximum atomic E-state index is 12.2. The van der Waals surface area contributed by atoms with Crippen LogP contribution < -0.4 is 15.4 Å². The number of H-pyrrole nitrogens is 1. The van der Waals surface area contributed by atoms with Crippen LogP contribution in [0.25, 0.3) is 11.0 Å². The number of fused-ring (bicyclic) bond motifs is 1. The highest BCUT2D eigenvalue weighted by molar-refractivity contribution is 5.97. The fraction of sp³-hybridized carbons (Fsp3) is 0.375. The molecule has 0 aliphatic rings. The summed E-state index contributed by atoms with van der Waals surface area (Å²) in [5.74, 6) is 0.570. The Morgan fingerprint density at radius 3 is 2.52 bits per heavy atom. The summed E-state index contributed by atoms with van der Waals surface area (Å²) in [4.78, 5) is 31.3. The van der Waals surface area contributed by atoms with Crippen molar-refractivity contribution in [1.29, 1.82) is 0 Å². The molecule has 164 valence electrons. The van der Waals surface area contributed by atoms with Gasteiger partial charge in [0.1, 0.15) is 5.75 Å². The fourth-order valence-electron chi connectivity index (χ4n) is 3.12. The highest BCUT2D eigenvalue weighted by atomic mass is 16.5. The van der Waals surface area contributed by atoms with E-state index in [4.69, 9.17) is 4.74 Å². The molecule has 0 saturated carbocycles. The Bertz CT molecular complexity index is 1020. The van der Waals surface area contributed by atoms with Gasteiger partial charge >= 0.3 is 0 Å². The highest BCUT2D eigenvalue weighted by Crippen LogP contribution is 2.24. The molecule has 0 atom stereocenters. The molecule has 0 saturated heterocycles. The second kappa shape index (κ2) is 10.1. The van der Waals surface area contributed by atoms with E-state index in [2.05, 4.69) is 53.5 Å². The topological polar surface area (TPSA) is 96.1 Å². The fourth-order valence-corrected chi connectivity index (χ4v) is 3.12. The van der Waals surface area contributed by atoms with Crippen LogP contribution in [-0.2, 0) is 10.2 Å². The van der Waals surface area contributed by atoms with Gasteiger partial charge in [0.05, 0.1) is 24.0 Å². The van der Waals surface area contributed by atoms with Crippen LogP contribution in [0.1, 0.15) is 49.5 Å². The Labute approximate surface area is 182 Å². The van der Waals surface area contributed by atoms with Gasteiger partial charge in [0.2, 0.25) is 5.91 Å². The molecule has 0 aliphatic carbocycles. The van der Waals surface area contributed by atoms with E-state index in [0.29, 0.717) is 38.1 Å². The number of hydrogen-bond donors (Lipinski definition) is 3. The summed E-state index contributed by atoms with van der Waals surface area (Å²) in [6.45, 7) is 7.75. The minimum Gasteiger partial charge on any atom is -0.494 e. The first-order valence-electron chi connectivity index (χ1n) is 10.5. The highest BCUT2D eigenvalue weighted by Gasteiger charge is 2.13. The van der Waals surface area contributed by atoms with Gasteiger partial charge in [0, 0.05) is 25.1 Å². The molecule has 7 heteroatoms. The summed E-state index contributed by atoms with van der Waals surface area (Å²) in [6.07, 6.45) is 2.60. The lowest BCUT2D eigenvalue weighted by Gasteiger charge is -2.19. The largest absolute Gasteiger partial charge is 0.494 e. The molecule has 0 aliphatic heterocycles. The van der Waals surface area contributed by atoms with Crippen LogP contribution in [0.5, 0.6) is 5.75 Å². The van der Waals surface area contributed by atoms with E-state index in [1.165, 1.54) is 5.56 Å². The van der Waals surface area contributed by atoms with Gasteiger partial charge in [-0.1, -0.05) is 32.9 Å². The van der Waals surface area contributed by atoms with Crippen molar-refractivity contribution in [3.63, 3.8) is 0 Å². The molecular formula is C24H30N4O3. The molecule has 3 rings (SSSR count). The van der Waals surface area contributed by atoms with E-state index in [-0.39, 0.29) is 17.2 Å². The number of amides is 2. The number of hydrogen-bond acceptors (Lipinski definition) is 4. The minimum atomic E-state index is -0.184. The molecule has 0 fully saturated rings. The lowest BCUT2D eigenvalue weighted by atomic mass is 9.87. The van der Waals surface area contributed by atoms with Crippen molar-refractivity contribution in [1.82, 2.24) is 20.6 Å². The van der Waals surface area contributed by atoms with E-state index in [1.807, 2.05) is 12.1 Å². The number of benzene rings is 2. The maximum Gasteiger partial charge on any atom is 0.251 e. The lowest BCUT2D eigenvalue weighted by Crippen LogP contribution is -2.34. The third-order valence-electron chi connectivity index (χ3n) is 4.95. The zero-order valence-electron chi connectivity index (χ0n) is 18.3. The Morgan fingerprint density at radius 2 is 1.77 bits per heavy atom. The summed E-state index contributed by atoms with van der Waals surface area (Å²) in [5, 5.41) is 5.61. The van der Waals surface area contributed by atoms with Crippen LogP contribution in [0.4, 0.5) is 0 Å². The predicted octanol–water partition coefficient (Wildman–Crippen LogP) is 3.57. The number of aromatic nitrogens is 2. The molecule has 3 N–H and O–H groups in total. The number of nitrogens with one attached hydrogen (secondary N) is 3. The first-order valence-corrected chi connectivity index (χ1v) is 10.5. The van der Waals surface area contributed by atoms with Gasteiger partial charge in [-0.05, 0) is 47.7 Å². The van der Waals surface area contributed by atoms with Crippen LogP contribution in [-0.4, -0.2) is 41.5 Å². The normalized spacial score (nSPS) is 11.3. The first kappa shape index (κ1) is 22.3. The quantitative estimate of drug-likeness (QED) is 0.459. The van der Waals surface area contributed by atoms with Gasteiger partial charge in [0.15, 0.2) is 0 Å². The minimum absolute atomic E-state index is 0.0557. The Hall–Kier alpha value is -3.35. The van der Waals surface area contributed by atoms with Gasteiger partial charge < -0.3 is 20.4 Å². The van der Waals surface area contributed by atoms with Crippen LogP contribution in [0.3, 0.4) is 0 Å². The summed E-state index contributed by atoms with van der Waals surface area (Å²) in [5.41, 5.74) is 3.55. The maximum absolute atomic E-state index is 12.2. The molecule has 31 heavy (non-hydrogen) atoms. The molecular weight excluding hydrogens is 392 g/mol. The predicted molar refractivity (Wildman–Crippen MR) is 121 cm³/mol. The Balaban J connectivity index is 1.28. The van der Waals surface area contributed by atoms with Crippen LogP contribution in [0.15, 0.2) is 48.8 Å². The Kier molecular flexibility index (Phi) is 7.28. The van der Waals surface area contributed by atoms with Crippen molar-refractivity contribution in [2.24, 2.45) is 0 Å². The van der Waals surface area contributed by atoms with Gasteiger partial charge in [-0.15, -0.1) is 0 Å². The van der Waals surface area contributed by atoms with Gasteiger partial charge in [0.25, 0.3) is 5.91 Å². The van der Waals surface area contributed by atoms with Gasteiger partial charge in [-0.25, -0.2) is 4.98 Å². The number of ether oxygens (including phenoxy) is 1. The Morgan fingerprint density at radius 1 is 1.03 bits per heavy atom. The number of imidazole rings is 1. The molecule has 0 unspecified atom stereocenters. The smallest absolute Gasteiger partial charge is 0.251 e. The number of carbonyl (C=O) groups excluding carboxylic acids is 2. The first-order chi connectivity index (χ1) is 14.8. The van der Waals surface area contributed by atoms with E-state index in [1.54, 1.807) is 24.5 Å². The molecule has 7 nitrogen and oxygen atoms in total. The molecule has 1 heterocycles. The molecule has 0 bridgehead atoms. The standard InChI is InChI=1S/C24H30N4O3/c1-24(2,3)18-7-9-19(10-8-18)31-14-4-5-22(29)25-12-13-26-23(30)17-6-11-20-21(15-17)28-16-27-20/h6-11,15-16H,4-5,12-14H2,1-3H3,(H,25,29)(H,26,30)(H,27,28). The monoisotopic (exact) mass is 422 g/mol. The summed E-state index contributed by atoms with van der Waals surface area (Å²) >= 11 is 0. The number of nitrogens with zero attached hydrogens (tertiary/aromatic N) is 1. The van der Waals surface area contributed by atoms with Crippen LogP contribution in [0.2, 0.25) is 0 Å². The van der Waals surface area contributed by atoms with E-state index in [0.717, 1.165) is 16.8 Å². The van der Waals surface area contributed by atoms with Gasteiger partial charge in [-0.2, -0.15) is 0 Å². The summed E-state index contributed by atoms with van der Waals surface area (Å²) in [6, 6.07) is 13.4. The molecule has 0 radical (unpaired) electrons. The SMILES string of the molecule is CC(C)(C)c1ccc(OCCCC(=O)NCCNC(=O)c2ccc3nc[nH]c3c2)cc1. The van der Waals surface area contributed by atoms with E-state index >= 15 is 0 Å². The van der Waals surface area contributed by atoms with Crippen LogP contribution in [0, 0.1) is 0 Å². The van der Waals surface area contributed by atoms with Crippen molar-refractivity contribution in [3.8, 4) is 5.75 Å². The zero-order chi connectivity index (χ0) is 22.3. The molecule has 0 spiro atoms. The van der Waals surface area contributed by atoms with E-state index in [9.17, 15) is 9.59 Å². The zero-order valence-corrected chi connectivity index (χ0v) is 18.3. The molecule has 2 aromatic carbocycles. The lowest BCUT2D eigenvalue weighted by molar-refractivity contribution is -0.121.